The second-order valence-electron chi connectivity index (χ2n) is 5.94. The third-order valence-corrected chi connectivity index (χ3v) is 4.44. The summed E-state index contributed by atoms with van der Waals surface area (Å²) in [5.74, 6) is -0.277. The van der Waals surface area contributed by atoms with E-state index in [2.05, 4.69) is 0 Å². The fraction of sp³-hybridized carbons (Fsp3) is 1.00. The molecule has 1 unspecified atom stereocenters. The molecule has 0 rings (SSSR count). The zero-order valence-electron chi connectivity index (χ0n) is 12.7. The first-order valence-electron chi connectivity index (χ1n) is 7.04. The molecule has 0 aliphatic heterocycles. The van der Waals surface area contributed by atoms with Gasteiger partial charge in [-0.25, -0.2) is 0 Å². The largest absolute Gasteiger partial charge is 0.316 e. The minimum absolute atomic E-state index is 0.000579. The predicted molar refractivity (Wildman–Crippen MR) is 85.1 cm³/mol. The number of nitrogens with two attached hydrogens (primary N) is 10. The van der Waals surface area contributed by atoms with Gasteiger partial charge >= 0.3 is 0 Å². The third kappa shape index (κ3) is 4.79. The first kappa shape index (κ1) is 20.6. The van der Waals surface area contributed by atoms with Crippen molar-refractivity contribution in [1.82, 2.24) is 0 Å². The highest BCUT2D eigenvalue weighted by Gasteiger charge is 2.44. The zero-order chi connectivity index (χ0) is 17.0. The van der Waals surface area contributed by atoms with E-state index in [1.807, 2.05) is 6.92 Å². The molecule has 10 nitrogen and oxygen atoms in total. The molecule has 1 atom stereocenters. The van der Waals surface area contributed by atoms with Gasteiger partial charge in [-0.15, -0.1) is 0 Å². The van der Waals surface area contributed by atoms with Gasteiger partial charge in [0, 0.05) is 5.92 Å². The fourth-order valence-corrected chi connectivity index (χ4v) is 2.85. The Morgan fingerprint density at radius 1 is 0.667 bits per heavy atom. The molecule has 10 heteroatoms. The summed E-state index contributed by atoms with van der Waals surface area (Å²) in [6.45, 7) is 1.93. The van der Waals surface area contributed by atoms with E-state index in [1.54, 1.807) is 0 Å². The van der Waals surface area contributed by atoms with Crippen molar-refractivity contribution in [2.45, 2.75) is 50.6 Å². The fourth-order valence-electron chi connectivity index (χ4n) is 2.85. The van der Waals surface area contributed by atoms with E-state index in [4.69, 9.17) is 57.3 Å². The average molecular weight is 306 g/mol. The van der Waals surface area contributed by atoms with Crippen LogP contribution >= 0.6 is 0 Å². The highest BCUT2D eigenvalue weighted by molar-refractivity contribution is 4.98. The monoisotopic (exact) mass is 306 g/mol. The lowest BCUT2D eigenvalue weighted by atomic mass is 9.72. The normalized spacial score (nSPS) is 15.3. The molecule has 0 bridgehead atoms. The Labute approximate surface area is 126 Å². The smallest absolute Gasteiger partial charge is 0.0635 e. The van der Waals surface area contributed by atoms with Crippen molar-refractivity contribution < 1.29 is 0 Å². The van der Waals surface area contributed by atoms with E-state index >= 15 is 0 Å². The summed E-state index contributed by atoms with van der Waals surface area (Å²) in [5.41, 5.74) is 56.8. The van der Waals surface area contributed by atoms with Crippen molar-refractivity contribution in [3.05, 3.63) is 0 Å². The van der Waals surface area contributed by atoms with Crippen molar-refractivity contribution in [3.8, 4) is 0 Å². The molecular formula is C11H34N10. The predicted octanol–water partition coefficient (Wildman–Crippen LogP) is -4.78. The molecule has 21 heavy (non-hydrogen) atoms. The van der Waals surface area contributed by atoms with Crippen molar-refractivity contribution >= 4 is 0 Å². The van der Waals surface area contributed by atoms with Gasteiger partial charge in [0.05, 0.1) is 36.2 Å². The van der Waals surface area contributed by atoms with E-state index in [9.17, 15) is 0 Å². The second-order valence-corrected chi connectivity index (χ2v) is 5.94. The van der Waals surface area contributed by atoms with E-state index in [0.29, 0.717) is 12.8 Å². The Balaban J connectivity index is 5.06. The molecular weight excluding hydrogens is 272 g/mol. The number of hydrogen-bond donors (Lipinski definition) is 10. The average Bonchev–Trinajstić information content (AvgIpc) is 2.26. The van der Waals surface area contributed by atoms with Crippen LogP contribution in [0.4, 0.5) is 0 Å². The lowest BCUT2D eigenvalue weighted by molar-refractivity contribution is 0.0991. The van der Waals surface area contributed by atoms with Crippen LogP contribution in [0, 0.1) is 17.3 Å². The van der Waals surface area contributed by atoms with Gasteiger partial charge in [-0.1, -0.05) is 6.92 Å². The summed E-state index contributed by atoms with van der Waals surface area (Å²) < 4.78 is 0. The Morgan fingerprint density at radius 2 is 1.00 bits per heavy atom. The molecule has 0 aliphatic rings. The molecule has 0 spiro atoms. The van der Waals surface area contributed by atoms with Crippen molar-refractivity contribution in [1.29, 1.82) is 0 Å². The van der Waals surface area contributed by atoms with Gasteiger partial charge in [0.15, 0.2) is 0 Å². The molecule has 0 aliphatic carbocycles. The van der Waals surface area contributed by atoms with Crippen LogP contribution in [0.2, 0.25) is 0 Å². The molecule has 0 amide bonds. The Hall–Kier alpha value is -0.400. The molecule has 0 heterocycles. The number of rotatable bonds is 9. The lowest BCUT2D eigenvalue weighted by Crippen LogP contribution is -2.70. The first-order valence-corrected chi connectivity index (χ1v) is 7.04. The summed E-state index contributed by atoms with van der Waals surface area (Å²) >= 11 is 0. The van der Waals surface area contributed by atoms with Crippen molar-refractivity contribution in [3.63, 3.8) is 0 Å². The van der Waals surface area contributed by atoms with Gasteiger partial charge < -0.3 is 57.3 Å². The minimum atomic E-state index is -1.00. The van der Waals surface area contributed by atoms with Crippen LogP contribution < -0.4 is 57.3 Å². The molecule has 0 saturated heterocycles. The topological polar surface area (TPSA) is 260 Å². The maximum absolute atomic E-state index is 5.81. The van der Waals surface area contributed by atoms with Crippen molar-refractivity contribution in [2.24, 2.45) is 74.6 Å². The van der Waals surface area contributed by atoms with Crippen LogP contribution in [-0.2, 0) is 0 Å². The van der Waals surface area contributed by atoms with Gasteiger partial charge in [0.1, 0.15) is 0 Å². The molecule has 0 aromatic rings. The van der Waals surface area contributed by atoms with Gasteiger partial charge in [-0.2, -0.15) is 0 Å². The van der Waals surface area contributed by atoms with Gasteiger partial charge in [-0.05, 0) is 18.8 Å². The Kier molecular flexibility index (Phi) is 8.13. The van der Waals surface area contributed by atoms with E-state index in [1.165, 1.54) is 0 Å². The second kappa shape index (κ2) is 8.29. The van der Waals surface area contributed by atoms with Gasteiger partial charge in [0.2, 0.25) is 0 Å². The summed E-state index contributed by atoms with van der Waals surface area (Å²) in [7, 11) is 0. The minimum Gasteiger partial charge on any atom is -0.316 e. The summed E-state index contributed by atoms with van der Waals surface area (Å²) in [6.07, 6.45) is -2.86. The highest BCUT2D eigenvalue weighted by atomic mass is 15.1. The first-order chi connectivity index (χ1) is 9.48. The molecule has 0 radical (unpaired) electrons. The number of hydrogen-bond acceptors (Lipinski definition) is 10. The molecule has 20 N–H and O–H groups in total. The SMILES string of the molecule is CC(CCC(C(N)N)(C(N)N)C(N)N)C(C(N)N)C(N)N. The summed E-state index contributed by atoms with van der Waals surface area (Å²) in [5, 5.41) is 0. The van der Waals surface area contributed by atoms with Crippen LogP contribution in [-0.4, -0.2) is 30.8 Å². The Morgan fingerprint density at radius 3 is 1.24 bits per heavy atom. The van der Waals surface area contributed by atoms with Gasteiger partial charge in [0.25, 0.3) is 0 Å². The van der Waals surface area contributed by atoms with E-state index in [0.717, 1.165) is 0 Å². The summed E-state index contributed by atoms with van der Waals surface area (Å²) in [4.78, 5) is 0. The zero-order valence-corrected chi connectivity index (χ0v) is 12.7. The maximum atomic E-state index is 5.81. The van der Waals surface area contributed by atoms with E-state index in [-0.39, 0.29) is 11.8 Å². The van der Waals surface area contributed by atoms with Crippen LogP contribution in [0.15, 0.2) is 0 Å². The quantitative estimate of drug-likeness (QED) is 0.182. The van der Waals surface area contributed by atoms with E-state index < -0.39 is 36.2 Å². The lowest BCUT2D eigenvalue weighted by Gasteiger charge is -2.44. The maximum Gasteiger partial charge on any atom is 0.0635 e. The molecule has 0 aromatic heterocycles. The summed E-state index contributed by atoms with van der Waals surface area (Å²) in [6, 6.07) is 0. The molecule has 0 aromatic carbocycles. The van der Waals surface area contributed by atoms with Gasteiger partial charge in [-0.3, -0.25) is 0 Å². The van der Waals surface area contributed by atoms with Crippen LogP contribution in [0.5, 0.6) is 0 Å². The Bertz CT molecular complexity index is 261. The van der Waals surface area contributed by atoms with Crippen LogP contribution in [0.1, 0.15) is 19.8 Å². The molecule has 0 fully saturated rings. The van der Waals surface area contributed by atoms with Crippen LogP contribution in [0.3, 0.4) is 0 Å². The van der Waals surface area contributed by atoms with Crippen LogP contribution in [0.25, 0.3) is 0 Å². The highest BCUT2D eigenvalue weighted by Crippen LogP contribution is 2.32. The molecule has 0 saturated carbocycles. The third-order valence-electron chi connectivity index (χ3n) is 4.44. The van der Waals surface area contributed by atoms with Crippen molar-refractivity contribution in [2.75, 3.05) is 0 Å². The standard InChI is InChI=1S/C11H34N10/c1-4(5(6(12)13)7(14)15)2-3-11(8(16)17,9(18)19)10(20)21/h4-10H,2-3,12-21H2,1H3. The molecule has 128 valence electrons.